The third-order valence-electron chi connectivity index (χ3n) is 4.86. The van der Waals surface area contributed by atoms with Crippen LogP contribution in [0.4, 0.5) is 0 Å². The van der Waals surface area contributed by atoms with Gasteiger partial charge >= 0.3 is 11.8 Å². The second-order valence-corrected chi connectivity index (χ2v) is 9.96. The normalized spacial score (nSPS) is 17.2. The summed E-state index contributed by atoms with van der Waals surface area (Å²) in [5, 5.41) is 6.91. The monoisotopic (exact) mass is 435 g/mol. The molecule has 0 saturated carbocycles. The Morgan fingerprint density at radius 1 is 1.07 bits per heavy atom. The Morgan fingerprint density at radius 3 is 2.55 bits per heavy atom. The largest absolute Gasteiger partial charge is 0.348 e. The molecular weight excluding hydrogens is 410 g/mol. The SMILES string of the molecule is O=C(NCCCc1ccccc1)C(=O)NCC1CCCN1S(=O)(=O)c1cccs1. The van der Waals surface area contributed by atoms with Crippen molar-refractivity contribution in [3.05, 3.63) is 53.4 Å². The van der Waals surface area contributed by atoms with E-state index in [1.807, 2.05) is 30.3 Å². The minimum atomic E-state index is -3.56. The van der Waals surface area contributed by atoms with Crippen molar-refractivity contribution >= 4 is 33.2 Å². The fraction of sp³-hybridized carbons (Fsp3) is 0.400. The summed E-state index contributed by atoms with van der Waals surface area (Å²) in [6.45, 7) is 0.955. The van der Waals surface area contributed by atoms with Crippen LogP contribution in [0.15, 0.2) is 52.1 Å². The third kappa shape index (κ3) is 5.65. The molecule has 0 bridgehead atoms. The van der Waals surface area contributed by atoms with Crippen LogP contribution in [0.3, 0.4) is 0 Å². The van der Waals surface area contributed by atoms with Crippen LogP contribution in [0, 0.1) is 0 Å². The zero-order valence-electron chi connectivity index (χ0n) is 16.0. The molecule has 0 spiro atoms. The van der Waals surface area contributed by atoms with Crippen LogP contribution < -0.4 is 10.6 Å². The molecule has 1 aliphatic rings. The van der Waals surface area contributed by atoms with E-state index in [1.165, 1.54) is 21.2 Å². The quantitative estimate of drug-likeness (QED) is 0.488. The van der Waals surface area contributed by atoms with Crippen molar-refractivity contribution in [1.29, 1.82) is 0 Å². The number of hydrogen-bond acceptors (Lipinski definition) is 5. The molecular formula is C20H25N3O4S2. The number of amides is 2. The summed E-state index contributed by atoms with van der Waals surface area (Å²) in [6, 6.07) is 12.9. The molecule has 1 aromatic heterocycles. The van der Waals surface area contributed by atoms with Gasteiger partial charge in [-0.1, -0.05) is 36.4 Å². The maximum atomic E-state index is 12.7. The van der Waals surface area contributed by atoms with Gasteiger partial charge < -0.3 is 10.6 Å². The van der Waals surface area contributed by atoms with Gasteiger partial charge in [-0.2, -0.15) is 4.31 Å². The van der Waals surface area contributed by atoms with E-state index in [0.717, 1.165) is 19.3 Å². The maximum absolute atomic E-state index is 12.7. The lowest BCUT2D eigenvalue weighted by atomic mass is 10.1. The number of rotatable bonds is 8. The predicted octanol–water partition coefficient (Wildman–Crippen LogP) is 1.77. The first-order chi connectivity index (χ1) is 14.0. The standard InChI is InChI=1S/C20H25N3O4S2/c24-19(21-12-4-9-16-7-2-1-3-8-16)20(25)22-15-17-10-5-13-23(17)29(26,27)18-11-6-14-28-18/h1-3,6-8,11,14,17H,4-5,9-10,12-13,15H2,(H,21,24)(H,22,25). The van der Waals surface area contributed by atoms with E-state index >= 15 is 0 Å². The smallest absolute Gasteiger partial charge is 0.309 e. The Kier molecular flexibility index (Phi) is 7.40. The lowest BCUT2D eigenvalue weighted by molar-refractivity contribution is -0.139. The van der Waals surface area contributed by atoms with Crippen LogP contribution >= 0.6 is 11.3 Å². The Labute approximate surface area is 175 Å². The van der Waals surface area contributed by atoms with Gasteiger partial charge in [-0.25, -0.2) is 8.42 Å². The first-order valence-electron chi connectivity index (χ1n) is 9.64. The number of carbonyl (C=O) groups excluding carboxylic acids is 2. The van der Waals surface area contributed by atoms with Crippen molar-refractivity contribution in [3.63, 3.8) is 0 Å². The predicted molar refractivity (Wildman–Crippen MR) is 112 cm³/mol. The van der Waals surface area contributed by atoms with E-state index in [9.17, 15) is 18.0 Å². The summed E-state index contributed by atoms with van der Waals surface area (Å²) in [5.74, 6) is -1.42. The van der Waals surface area contributed by atoms with Crippen LogP contribution in [0.1, 0.15) is 24.8 Å². The molecule has 0 radical (unpaired) electrons. The lowest BCUT2D eigenvalue weighted by Crippen LogP contribution is -2.47. The summed E-state index contributed by atoms with van der Waals surface area (Å²) in [4.78, 5) is 24.0. The number of nitrogens with one attached hydrogen (secondary N) is 2. The number of nitrogens with zero attached hydrogens (tertiary/aromatic N) is 1. The molecule has 2 heterocycles. The fourth-order valence-electron chi connectivity index (χ4n) is 3.37. The minimum absolute atomic E-state index is 0.126. The number of benzene rings is 1. The molecule has 1 saturated heterocycles. The van der Waals surface area contributed by atoms with Gasteiger partial charge in [-0.05, 0) is 42.7 Å². The average molecular weight is 436 g/mol. The minimum Gasteiger partial charge on any atom is -0.348 e. The second kappa shape index (κ2) is 10.00. The average Bonchev–Trinajstić information content (AvgIpc) is 3.42. The topological polar surface area (TPSA) is 95.6 Å². The Hall–Kier alpha value is -2.23. The van der Waals surface area contributed by atoms with E-state index in [1.54, 1.807) is 17.5 Å². The number of hydrogen-bond donors (Lipinski definition) is 2. The first-order valence-corrected chi connectivity index (χ1v) is 12.0. The first kappa shape index (κ1) is 21.5. The Balaban J connectivity index is 1.42. The summed E-state index contributed by atoms with van der Waals surface area (Å²) in [5.41, 5.74) is 1.18. The second-order valence-electron chi connectivity index (χ2n) is 6.90. The van der Waals surface area contributed by atoms with Gasteiger partial charge in [-0.3, -0.25) is 9.59 Å². The van der Waals surface area contributed by atoms with Gasteiger partial charge in [-0.15, -0.1) is 11.3 Å². The molecule has 9 heteroatoms. The number of sulfonamides is 1. The van der Waals surface area contributed by atoms with E-state index in [4.69, 9.17) is 0 Å². The molecule has 1 aliphatic heterocycles. The van der Waals surface area contributed by atoms with E-state index in [0.29, 0.717) is 23.7 Å². The van der Waals surface area contributed by atoms with Gasteiger partial charge in [0.15, 0.2) is 0 Å². The van der Waals surface area contributed by atoms with Crippen molar-refractivity contribution < 1.29 is 18.0 Å². The molecule has 2 N–H and O–H groups in total. The van der Waals surface area contributed by atoms with E-state index in [-0.39, 0.29) is 12.6 Å². The molecule has 7 nitrogen and oxygen atoms in total. The lowest BCUT2D eigenvalue weighted by Gasteiger charge is -2.23. The van der Waals surface area contributed by atoms with Crippen molar-refractivity contribution in [1.82, 2.24) is 14.9 Å². The summed E-state index contributed by atoms with van der Waals surface area (Å²) in [6.07, 6.45) is 2.94. The van der Waals surface area contributed by atoms with Crippen LogP contribution in [0.25, 0.3) is 0 Å². The van der Waals surface area contributed by atoms with Gasteiger partial charge in [0.25, 0.3) is 10.0 Å². The number of carbonyl (C=O) groups is 2. The summed E-state index contributed by atoms with van der Waals surface area (Å²) < 4.78 is 27.2. The van der Waals surface area contributed by atoms with Crippen LogP contribution in [0.2, 0.25) is 0 Å². The Morgan fingerprint density at radius 2 is 1.83 bits per heavy atom. The van der Waals surface area contributed by atoms with Crippen LogP contribution in [-0.4, -0.2) is 50.2 Å². The number of thiophene rings is 1. The maximum Gasteiger partial charge on any atom is 0.309 e. The van der Waals surface area contributed by atoms with Gasteiger partial charge in [0.05, 0.1) is 0 Å². The van der Waals surface area contributed by atoms with Crippen molar-refractivity contribution in [3.8, 4) is 0 Å². The van der Waals surface area contributed by atoms with Crippen LogP contribution in [0.5, 0.6) is 0 Å². The molecule has 1 unspecified atom stereocenters. The molecule has 0 aliphatic carbocycles. The van der Waals surface area contributed by atoms with Gasteiger partial charge in [0.1, 0.15) is 4.21 Å². The summed E-state index contributed by atoms with van der Waals surface area (Å²) >= 11 is 1.18. The molecule has 2 aromatic rings. The number of aryl methyl sites for hydroxylation is 1. The third-order valence-corrected chi connectivity index (χ3v) is 8.18. The van der Waals surface area contributed by atoms with Gasteiger partial charge in [0.2, 0.25) is 0 Å². The highest BCUT2D eigenvalue weighted by atomic mass is 32.2. The molecule has 1 atom stereocenters. The molecule has 1 fully saturated rings. The van der Waals surface area contributed by atoms with Crippen molar-refractivity contribution in [2.75, 3.05) is 19.6 Å². The summed E-state index contributed by atoms with van der Waals surface area (Å²) in [7, 11) is -3.56. The van der Waals surface area contributed by atoms with Crippen molar-refractivity contribution in [2.45, 2.75) is 35.9 Å². The fourth-order valence-corrected chi connectivity index (χ4v) is 6.18. The van der Waals surface area contributed by atoms with Gasteiger partial charge in [0, 0.05) is 25.7 Å². The zero-order chi connectivity index (χ0) is 20.7. The highest BCUT2D eigenvalue weighted by Gasteiger charge is 2.36. The zero-order valence-corrected chi connectivity index (χ0v) is 17.7. The van der Waals surface area contributed by atoms with E-state index < -0.39 is 21.8 Å². The van der Waals surface area contributed by atoms with E-state index in [2.05, 4.69) is 10.6 Å². The molecule has 156 valence electrons. The van der Waals surface area contributed by atoms with Crippen molar-refractivity contribution in [2.24, 2.45) is 0 Å². The molecule has 1 aromatic carbocycles. The molecule has 2 amide bonds. The Bertz CT molecular complexity index is 914. The van der Waals surface area contributed by atoms with Crippen LogP contribution in [-0.2, 0) is 26.0 Å². The highest BCUT2D eigenvalue weighted by molar-refractivity contribution is 7.91. The highest BCUT2D eigenvalue weighted by Crippen LogP contribution is 2.28. The molecule has 3 rings (SSSR count). The molecule has 29 heavy (non-hydrogen) atoms.